The summed E-state index contributed by atoms with van der Waals surface area (Å²) in [5.74, 6) is -0.900. The molecule has 2 aromatic rings. The van der Waals surface area contributed by atoms with Crippen molar-refractivity contribution in [3.05, 3.63) is 47.3 Å². The predicted molar refractivity (Wildman–Crippen MR) is 138 cm³/mol. The molecule has 0 radical (unpaired) electrons. The van der Waals surface area contributed by atoms with Crippen molar-refractivity contribution in [1.82, 2.24) is 20.4 Å². The molecule has 0 saturated heterocycles. The van der Waals surface area contributed by atoms with Crippen LogP contribution in [0.15, 0.2) is 30.3 Å². The average molecular weight is 504 g/mol. The smallest absolute Gasteiger partial charge is 0.351 e. The van der Waals surface area contributed by atoms with Crippen molar-refractivity contribution in [2.24, 2.45) is 5.73 Å². The SMILES string of the molecule is CC.CC.CC(=O)c1cc(C(F)(F)F)nn1-c1cccc(CNC(=O)CN)c1.CCCC.CNC. The second kappa shape index (κ2) is 21.8. The van der Waals surface area contributed by atoms with Gasteiger partial charge in [-0.25, -0.2) is 4.68 Å². The predicted octanol–water partition coefficient (Wildman–Crippen LogP) is 5.36. The van der Waals surface area contributed by atoms with Crippen molar-refractivity contribution in [1.29, 1.82) is 0 Å². The topological polar surface area (TPSA) is 102 Å². The van der Waals surface area contributed by atoms with Crippen LogP contribution in [-0.4, -0.2) is 42.1 Å². The highest BCUT2D eigenvalue weighted by atomic mass is 19.4. The highest BCUT2D eigenvalue weighted by molar-refractivity contribution is 5.93. The molecule has 0 unspecified atom stereocenters. The summed E-state index contributed by atoms with van der Waals surface area (Å²) in [5, 5.41) is 8.79. The van der Waals surface area contributed by atoms with Gasteiger partial charge in [0.25, 0.3) is 0 Å². The van der Waals surface area contributed by atoms with Crippen molar-refractivity contribution >= 4 is 11.7 Å². The van der Waals surface area contributed by atoms with E-state index in [0.717, 1.165) is 4.68 Å². The maximum absolute atomic E-state index is 12.8. The van der Waals surface area contributed by atoms with Crippen LogP contribution in [0.3, 0.4) is 0 Å². The Bertz CT molecular complexity index is 820. The Morgan fingerprint density at radius 2 is 1.54 bits per heavy atom. The summed E-state index contributed by atoms with van der Waals surface area (Å²) in [6, 6.07) is 7.05. The van der Waals surface area contributed by atoms with Crippen LogP contribution >= 0.6 is 0 Å². The zero-order valence-corrected chi connectivity index (χ0v) is 22.6. The van der Waals surface area contributed by atoms with Crippen molar-refractivity contribution in [3.8, 4) is 5.69 Å². The van der Waals surface area contributed by atoms with E-state index in [4.69, 9.17) is 5.73 Å². The number of hydrogen-bond acceptors (Lipinski definition) is 5. The van der Waals surface area contributed by atoms with Crippen molar-refractivity contribution in [2.75, 3.05) is 20.6 Å². The number of Topliss-reactive ketones (excluding diaryl/α,β-unsaturated/α-hetero) is 1. The highest BCUT2D eigenvalue weighted by Crippen LogP contribution is 2.29. The number of nitrogens with one attached hydrogen (secondary N) is 2. The van der Waals surface area contributed by atoms with E-state index in [1.165, 1.54) is 31.9 Å². The average Bonchev–Trinajstić information content (AvgIpc) is 3.33. The molecule has 7 nitrogen and oxygen atoms in total. The lowest BCUT2D eigenvalue weighted by Crippen LogP contribution is -2.29. The number of ketones is 1. The zero-order chi connectivity index (χ0) is 28.0. The maximum atomic E-state index is 12.8. The second-order valence-corrected chi connectivity index (χ2v) is 6.53. The Labute approximate surface area is 208 Å². The first-order valence-electron chi connectivity index (χ1n) is 11.9. The van der Waals surface area contributed by atoms with Gasteiger partial charge in [0.15, 0.2) is 11.5 Å². The van der Waals surface area contributed by atoms with Crippen LogP contribution in [0.5, 0.6) is 0 Å². The Hall–Kier alpha value is -2.72. The normalized spacial score (nSPS) is 9.51. The molecule has 0 aliphatic heterocycles. The number of carbonyl (C=O) groups is 2. The summed E-state index contributed by atoms with van der Waals surface area (Å²) >= 11 is 0. The molecule has 35 heavy (non-hydrogen) atoms. The number of alkyl halides is 3. The molecule has 0 fully saturated rings. The third-order valence-corrected chi connectivity index (χ3v) is 3.69. The number of rotatable bonds is 6. The first-order valence-corrected chi connectivity index (χ1v) is 11.9. The fourth-order valence-corrected chi connectivity index (χ4v) is 2.04. The third kappa shape index (κ3) is 15.7. The Balaban J connectivity index is -0.000000798. The summed E-state index contributed by atoms with van der Waals surface area (Å²) in [5.41, 5.74) is 4.78. The standard InChI is InChI=1S/C15H15F3N4O2.C4H10.C2H7N.2C2H6/c1-9(23)12-6-13(15(16,17)18)21-22(12)11-4-2-3-10(5-11)8-20-14(24)7-19;1-3-4-2;1-3-2;2*1-2/h2-6H,7-8,19H2,1H3,(H,20,24);3-4H2,1-2H3;3H,1-2H3;2*1-2H3. The van der Waals surface area contributed by atoms with E-state index in [9.17, 15) is 22.8 Å². The molecule has 0 aliphatic carbocycles. The van der Waals surface area contributed by atoms with Gasteiger partial charge in [-0.05, 0) is 31.8 Å². The largest absolute Gasteiger partial charge is 0.435 e. The summed E-state index contributed by atoms with van der Waals surface area (Å²) in [6.45, 7) is 13.5. The molecule has 1 aromatic heterocycles. The molecule has 0 spiro atoms. The molecule has 10 heteroatoms. The van der Waals surface area contributed by atoms with E-state index >= 15 is 0 Å². The Kier molecular flexibility index (Phi) is 22.9. The third-order valence-electron chi connectivity index (χ3n) is 3.69. The quantitative estimate of drug-likeness (QED) is 0.461. The highest BCUT2D eigenvalue weighted by Gasteiger charge is 2.35. The van der Waals surface area contributed by atoms with E-state index in [0.29, 0.717) is 11.6 Å². The van der Waals surface area contributed by atoms with Crippen LogP contribution < -0.4 is 16.4 Å². The molecule has 1 amide bonds. The molecule has 1 heterocycles. The van der Waals surface area contributed by atoms with Gasteiger partial charge in [-0.15, -0.1) is 0 Å². The van der Waals surface area contributed by atoms with Gasteiger partial charge in [-0.2, -0.15) is 18.3 Å². The number of aromatic nitrogens is 2. The monoisotopic (exact) mass is 503 g/mol. The second-order valence-electron chi connectivity index (χ2n) is 6.53. The van der Waals surface area contributed by atoms with Gasteiger partial charge < -0.3 is 16.4 Å². The van der Waals surface area contributed by atoms with Crippen LogP contribution in [-0.2, 0) is 17.5 Å². The summed E-state index contributed by atoms with van der Waals surface area (Å²) in [4.78, 5) is 22.8. The van der Waals surface area contributed by atoms with Crippen LogP contribution in [0.4, 0.5) is 13.2 Å². The van der Waals surface area contributed by atoms with E-state index in [1.807, 2.05) is 41.8 Å². The number of unbranched alkanes of at least 4 members (excludes halogenated alkanes) is 1. The fourth-order valence-electron chi connectivity index (χ4n) is 2.04. The summed E-state index contributed by atoms with van der Waals surface area (Å²) < 4.78 is 39.5. The van der Waals surface area contributed by atoms with Gasteiger partial charge >= 0.3 is 6.18 Å². The minimum Gasteiger partial charge on any atom is -0.351 e. The number of carbonyl (C=O) groups excluding carboxylic acids is 2. The Morgan fingerprint density at radius 1 is 1.03 bits per heavy atom. The molecule has 0 saturated carbocycles. The lowest BCUT2D eigenvalue weighted by molar-refractivity contribution is -0.141. The van der Waals surface area contributed by atoms with Gasteiger partial charge in [0.2, 0.25) is 5.91 Å². The lowest BCUT2D eigenvalue weighted by Gasteiger charge is -2.09. The van der Waals surface area contributed by atoms with Crippen molar-refractivity contribution in [3.63, 3.8) is 0 Å². The molecule has 2 rings (SSSR count). The van der Waals surface area contributed by atoms with Crippen molar-refractivity contribution < 1.29 is 22.8 Å². The number of nitrogens with zero attached hydrogens (tertiary/aromatic N) is 2. The molecule has 0 bridgehead atoms. The molecular weight excluding hydrogens is 459 g/mol. The van der Waals surface area contributed by atoms with Crippen LogP contribution in [0.25, 0.3) is 5.69 Å². The maximum Gasteiger partial charge on any atom is 0.435 e. The van der Waals surface area contributed by atoms with Crippen LogP contribution in [0.1, 0.15) is 83.1 Å². The number of benzene rings is 1. The molecule has 1 aromatic carbocycles. The van der Waals surface area contributed by atoms with Gasteiger partial charge in [0.1, 0.15) is 5.69 Å². The first-order chi connectivity index (χ1) is 16.5. The van der Waals surface area contributed by atoms with Gasteiger partial charge in [-0.3, -0.25) is 9.59 Å². The molecular formula is C25H44F3N5O2. The minimum atomic E-state index is -4.65. The van der Waals surface area contributed by atoms with Gasteiger partial charge in [-0.1, -0.05) is 66.5 Å². The number of hydrogen-bond donors (Lipinski definition) is 3. The van der Waals surface area contributed by atoms with Crippen LogP contribution in [0, 0.1) is 0 Å². The molecule has 4 N–H and O–H groups in total. The number of amides is 1. The van der Waals surface area contributed by atoms with E-state index in [1.54, 1.807) is 12.1 Å². The lowest BCUT2D eigenvalue weighted by atomic mass is 10.2. The Morgan fingerprint density at radius 3 is 1.94 bits per heavy atom. The number of halogens is 3. The van der Waals surface area contributed by atoms with Crippen molar-refractivity contribution in [2.45, 2.75) is 74.0 Å². The van der Waals surface area contributed by atoms with Gasteiger partial charge in [0.05, 0.1) is 12.2 Å². The first kappa shape index (κ1) is 36.8. The van der Waals surface area contributed by atoms with Crippen LogP contribution in [0.2, 0.25) is 0 Å². The molecule has 0 aliphatic rings. The molecule has 202 valence electrons. The van der Waals surface area contributed by atoms with E-state index < -0.39 is 17.7 Å². The van der Waals surface area contributed by atoms with E-state index in [-0.39, 0.29) is 30.4 Å². The zero-order valence-electron chi connectivity index (χ0n) is 22.6. The van der Waals surface area contributed by atoms with Gasteiger partial charge in [0, 0.05) is 19.5 Å². The summed E-state index contributed by atoms with van der Waals surface area (Å²) in [6.07, 6.45) is -2.01. The number of nitrogens with two attached hydrogens (primary N) is 1. The fraction of sp³-hybridized carbons (Fsp3) is 0.560. The molecule has 0 atom stereocenters. The minimum absolute atomic E-state index is 0.159. The summed E-state index contributed by atoms with van der Waals surface area (Å²) in [7, 11) is 3.75. The van der Waals surface area contributed by atoms with E-state index in [2.05, 4.69) is 29.6 Å².